The van der Waals surface area contributed by atoms with Gasteiger partial charge in [0.05, 0.1) is 24.9 Å². The van der Waals surface area contributed by atoms with E-state index in [9.17, 15) is 22.8 Å². The smallest absolute Gasteiger partial charge is 0.434 e. The summed E-state index contributed by atoms with van der Waals surface area (Å²) in [6.07, 6.45) is -3.77. The molecule has 0 fully saturated rings. The van der Waals surface area contributed by atoms with Crippen LogP contribution in [0.25, 0.3) is 5.69 Å². The number of halogens is 3. The molecule has 152 valence electrons. The lowest BCUT2D eigenvalue weighted by Gasteiger charge is -2.13. The third kappa shape index (κ3) is 4.83. The second-order valence-corrected chi connectivity index (χ2v) is 6.92. The number of hydrogen-bond acceptors (Lipinski definition) is 5. The van der Waals surface area contributed by atoms with Crippen molar-refractivity contribution in [1.82, 2.24) is 9.78 Å². The Morgan fingerprint density at radius 1 is 1.21 bits per heavy atom. The van der Waals surface area contributed by atoms with Gasteiger partial charge in [-0.2, -0.15) is 18.3 Å². The summed E-state index contributed by atoms with van der Waals surface area (Å²) in [4.78, 5) is 24.8. The Kier molecular flexibility index (Phi) is 6.02. The first kappa shape index (κ1) is 20.6. The highest BCUT2D eigenvalue weighted by Gasteiger charge is 2.41. The molecule has 2 aromatic heterocycles. The van der Waals surface area contributed by atoms with Gasteiger partial charge >= 0.3 is 12.1 Å². The maximum absolute atomic E-state index is 13.5. The number of anilines is 1. The van der Waals surface area contributed by atoms with Crippen LogP contribution in [0, 0.1) is 0 Å². The number of alkyl halides is 3. The molecule has 29 heavy (non-hydrogen) atoms. The maximum atomic E-state index is 13.5. The summed E-state index contributed by atoms with van der Waals surface area (Å²) in [5, 5.41) is 8.26. The molecule has 0 aliphatic carbocycles. The molecule has 0 aliphatic rings. The van der Waals surface area contributed by atoms with Gasteiger partial charge in [-0.25, -0.2) is 9.48 Å². The molecule has 0 radical (unpaired) electrons. The summed E-state index contributed by atoms with van der Waals surface area (Å²) in [6.45, 7) is 1.45. The van der Waals surface area contributed by atoms with Gasteiger partial charge in [0.15, 0.2) is 5.69 Å². The number of thiophene rings is 1. The largest absolute Gasteiger partial charge is 0.462 e. The minimum atomic E-state index is -4.81. The van der Waals surface area contributed by atoms with E-state index in [2.05, 4.69) is 15.2 Å². The van der Waals surface area contributed by atoms with Gasteiger partial charge in [0.2, 0.25) is 5.91 Å². The molecule has 0 saturated carbocycles. The third-order valence-electron chi connectivity index (χ3n) is 3.84. The predicted molar refractivity (Wildman–Crippen MR) is 101 cm³/mol. The predicted octanol–water partition coefficient (Wildman–Crippen LogP) is 4.31. The molecule has 0 aliphatic heterocycles. The number of esters is 1. The molecule has 6 nitrogen and oxygen atoms in total. The second kappa shape index (κ2) is 8.48. The average Bonchev–Trinajstić information content (AvgIpc) is 3.31. The quantitative estimate of drug-likeness (QED) is 0.600. The van der Waals surface area contributed by atoms with Crippen molar-refractivity contribution in [1.29, 1.82) is 0 Å². The Balaban J connectivity index is 1.82. The topological polar surface area (TPSA) is 73.2 Å². The number of hydrogen-bond donors (Lipinski definition) is 1. The van der Waals surface area contributed by atoms with Crippen LogP contribution in [-0.4, -0.2) is 28.3 Å². The van der Waals surface area contributed by atoms with E-state index >= 15 is 0 Å². The Morgan fingerprint density at radius 2 is 1.93 bits per heavy atom. The lowest BCUT2D eigenvalue weighted by atomic mass is 10.2. The van der Waals surface area contributed by atoms with Crippen LogP contribution < -0.4 is 5.32 Å². The summed E-state index contributed by atoms with van der Waals surface area (Å²) < 4.78 is 45.9. The number of rotatable bonds is 6. The normalized spacial score (nSPS) is 11.3. The molecule has 0 atom stereocenters. The van der Waals surface area contributed by atoms with Crippen LogP contribution in [0.1, 0.15) is 27.9 Å². The van der Waals surface area contributed by atoms with Crippen LogP contribution in [-0.2, 0) is 22.1 Å². The molecule has 0 bridgehead atoms. The number of ether oxygens (including phenoxy) is 1. The highest BCUT2D eigenvalue weighted by atomic mass is 32.1. The summed E-state index contributed by atoms with van der Waals surface area (Å²) >= 11 is 1.46. The highest BCUT2D eigenvalue weighted by molar-refractivity contribution is 7.10. The van der Waals surface area contributed by atoms with Crippen LogP contribution in [0.15, 0.2) is 48.0 Å². The Hall–Kier alpha value is -3.14. The number of nitrogens with one attached hydrogen (secondary N) is 1. The Bertz CT molecular complexity index is 996. The standard InChI is InChI=1S/C19H16F3N3O3S/c1-2-28-18(27)15-11-23-25(17(15)19(20,21)22)13-7-5-12(6-8-13)24-16(26)10-14-4-3-9-29-14/h3-9,11H,2,10H2,1H3,(H,24,26). The van der Waals surface area contributed by atoms with Crippen molar-refractivity contribution in [3.8, 4) is 5.69 Å². The summed E-state index contributed by atoms with van der Waals surface area (Å²) in [5.74, 6) is -1.33. The van der Waals surface area contributed by atoms with Crippen molar-refractivity contribution >= 4 is 28.9 Å². The van der Waals surface area contributed by atoms with Crippen molar-refractivity contribution in [2.75, 3.05) is 11.9 Å². The molecule has 0 spiro atoms. The Labute approximate surface area is 167 Å². The number of benzene rings is 1. The van der Waals surface area contributed by atoms with E-state index in [1.165, 1.54) is 42.5 Å². The molecule has 0 saturated heterocycles. The van der Waals surface area contributed by atoms with E-state index in [0.717, 1.165) is 11.1 Å². The molecular formula is C19H16F3N3O3S. The van der Waals surface area contributed by atoms with Crippen LogP contribution in [0.3, 0.4) is 0 Å². The molecule has 2 heterocycles. The molecule has 3 aromatic rings. The number of amides is 1. The number of carbonyl (C=O) groups is 2. The van der Waals surface area contributed by atoms with Gasteiger partial charge in [0.1, 0.15) is 5.56 Å². The van der Waals surface area contributed by atoms with E-state index < -0.39 is 23.4 Å². The lowest BCUT2D eigenvalue weighted by Crippen LogP contribution is -2.18. The molecule has 3 rings (SSSR count). The second-order valence-electron chi connectivity index (χ2n) is 5.89. The fourth-order valence-electron chi connectivity index (χ4n) is 2.64. The average molecular weight is 423 g/mol. The van der Waals surface area contributed by atoms with Crippen LogP contribution in [0.2, 0.25) is 0 Å². The Morgan fingerprint density at radius 3 is 2.52 bits per heavy atom. The minimum Gasteiger partial charge on any atom is -0.462 e. The van der Waals surface area contributed by atoms with E-state index in [1.807, 2.05) is 17.5 Å². The molecule has 1 aromatic carbocycles. The van der Waals surface area contributed by atoms with E-state index in [1.54, 1.807) is 0 Å². The zero-order valence-electron chi connectivity index (χ0n) is 15.2. The zero-order valence-corrected chi connectivity index (χ0v) is 16.0. The monoisotopic (exact) mass is 423 g/mol. The summed E-state index contributed by atoms with van der Waals surface area (Å²) in [5.41, 5.74) is -1.36. The van der Waals surface area contributed by atoms with Crippen molar-refractivity contribution in [2.24, 2.45) is 0 Å². The maximum Gasteiger partial charge on any atom is 0.434 e. The molecule has 10 heteroatoms. The van der Waals surface area contributed by atoms with Crippen molar-refractivity contribution in [2.45, 2.75) is 19.5 Å². The summed E-state index contributed by atoms with van der Waals surface area (Å²) in [7, 11) is 0. The van der Waals surface area contributed by atoms with E-state index in [-0.39, 0.29) is 24.6 Å². The van der Waals surface area contributed by atoms with Crippen molar-refractivity contribution in [3.05, 3.63) is 64.1 Å². The number of nitrogens with zero attached hydrogens (tertiary/aromatic N) is 2. The van der Waals surface area contributed by atoms with Gasteiger partial charge in [-0.15, -0.1) is 11.3 Å². The summed E-state index contributed by atoms with van der Waals surface area (Å²) in [6, 6.07) is 9.36. The van der Waals surface area contributed by atoms with Crippen LogP contribution in [0.5, 0.6) is 0 Å². The lowest BCUT2D eigenvalue weighted by molar-refractivity contribution is -0.143. The molecule has 1 N–H and O–H groups in total. The van der Waals surface area contributed by atoms with Crippen molar-refractivity contribution < 1.29 is 27.5 Å². The van der Waals surface area contributed by atoms with Gasteiger partial charge in [0, 0.05) is 10.6 Å². The van der Waals surface area contributed by atoms with Gasteiger partial charge < -0.3 is 10.1 Å². The highest BCUT2D eigenvalue weighted by Crippen LogP contribution is 2.34. The van der Waals surface area contributed by atoms with Crippen LogP contribution >= 0.6 is 11.3 Å². The zero-order chi connectivity index (χ0) is 21.0. The first-order valence-corrected chi connectivity index (χ1v) is 9.42. The van der Waals surface area contributed by atoms with Gasteiger partial charge in [-0.3, -0.25) is 4.79 Å². The van der Waals surface area contributed by atoms with Gasteiger partial charge in [-0.05, 0) is 42.6 Å². The molecular weight excluding hydrogens is 407 g/mol. The van der Waals surface area contributed by atoms with Crippen molar-refractivity contribution in [3.63, 3.8) is 0 Å². The number of aromatic nitrogens is 2. The molecule has 1 amide bonds. The first-order chi connectivity index (χ1) is 13.8. The van der Waals surface area contributed by atoms with Gasteiger partial charge in [0.25, 0.3) is 0 Å². The van der Waals surface area contributed by atoms with Crippen LogP contribution in [0.4, 0.5) is 18.9 Å². The number of carbonyl (C=O) groups excluding carboxylic acids is 2. The fraction of sp³-hybridized carbons (Fsp3) is 0.211. The van der Waals surface area contributed by atoms with Gasteiger partial charge in [-0.1, -0.05) is 6.07 Å². The first-order valence-electron chi connectivity index (χ1n) is 8.54. The minimum absolute atomic E-state index is 0.0544. The van der Waals surface area contributed by atoms with E-state index in [4.69, 9.17) is 0 Å². The molecule has 0 unspecified atom stereocenters. The fourth-order valence-corrected chi connectivity index (χ4v) is 3.34. The van der Waals surface area contributed by atoms with E-state index in [0.29, 0.717) is 10.4 Å². The SMILES string of the molecule is CCOC(=O)c1cnn(-c2ccc(NC(=O)Cc3cccs3)cc2)c1C(F)(F)F. The third-order valence-corrected chi connectivity index (χ3v) is 4.72.